The Labute approximate surface area is 168 Å². The fraction of sp³-hybridized carbons (Fsp3) is 0.364. The van der Waals surface area contributed by atoms with Gasteiger partial charge in [0, 0.05) is 36.3 Å². The molecule has 0 aliphatic carbocycles. The zero-order chi connectivity index (χ0) is 21.1. The van der Waals surface area contributed by atoms with Crippen molar-refractivity contribution in [3.8, 4) is 11.1 Å². The molecule has 2 unspecified atom stereocenters. The molecule has 29 heavy (non-hydrogen) atoms. The molecule has 2 aromatic carbocycles. The van der Waals surface area contributed by atoms with Gasteiger partial charge in [0.2, 0.25) is 0 Å². The van der Waals surface area contributed by atoms with E-state index in [1.807, 2.05) is 13.8 Å². The summed E-state index contributed by atoms with van der Waals surface area (Å²) >= 11 is 0. The van der Waals surface area contributed by atoms with Crippen LogP contribution >= 0.6 is 0 Å². The van der Waals surface area contributed by atoms with Crippen molar-refractivity contribution in [2.75, 3.05) is 13.1 Å². The topological polar surface area (TPSA) is 58.6 Å². The number of ether oxygens (including phenoxy) is 1. The molecule has 1 saturated heterocycles. The monoisotopic (exact) mass is 402 g/mol. The molecular weight excluding hydrogens is 378 g/mol. The summed E-state index contributed by atoms with van der Waals surface area (Å²) in [4.78, 5) is 25.7. The molecule has 7 heteroatoms. The number of nitrogens with zero attached hydrogens (tertiary/aromatic N) is 1. The molecule has 2 atom stereocenters. The number of rotatable bonds is 4. The minimum absolute atomic E-state index is 0.0819. The lowest BCUT2D eigenvalue weighted by Crippen LogP contribution is -2.57. The van der Waals surface area contributed by atoms with E-state index in [9.17, 15) is 14.0 Å². The average Bonchev–Trinajstić information content (AvgIpc) is 2.68. The lowest BCUT2D eigenvalue weighted by Gasteiger charge is -2.38. The number of carbonyl (C=O) groups excluding carboxylic acids is 2. The van der Waals surface area contributed by atoms with E-state index in [4.69, 9.17) is 4.74 Å². The molecule has 1 amide bonds. The van der Waals surface area contributed by atoms with Gasteiger partial charge < -0.3 is 15.0 Å². The molecule has 2 aromatic rings. The Hall–Kier alpha value is -2.80. The van der Waals surface area contributed by atoms with Crippen LogP contribution in [0.4, 0.5) is 13.6 Å². The second kappa shape index (κ2) is 8.69. The smallest absolute Gasteiger partial charge is 0.410 e. The largest absolute Gasteiger partial charge is 0.444 e. The van der Waals surface area contributed by atoms with Crippen LogP contribution in [0.3, 0.4) is 0 Å². The maximum Gasteiger partial charge on any atom is 0.410 e. The highest BCUT2D eigenvalue weighted by molar-refractivity contribution is 5.95. The van der Waals surface area contributed by atoms with Crippen molar-refractivity contribution in [1.29, 1.82) is 0 Å². The first-order valence-electron chi connectivity index (χ1n) is 9.53. The van der Waals surface area contributed by atoms with Crippen LogP contribution in [0.15, 0.2) is 36.4 Å². The molecule has 1 heterocycles. The lowest BCUT2D eigenvalue weighted by atomic mass is 9.99. The molecule has 1 N–H and O–H groups in total. The van der Waals surface area contributed by atoms with E-state index >= 15 is 4.39 Å². The molecule has 3 rings (SSSR count). The third kappa shape index (κ3) is 4.45. The first-order chi connectivity index (χ1) is 13.8. The summed E-state index contributed by atoms with van der Waals surface area (Å²) in [5, 5.41) is 3.21. The van der Waals surface area contributed by atoms with E-state index in [1.165, 1.54) is 13.0 Å². The van der Waals surface area contributed by atoms with Gasteiger partial charge >= 0.3 is 6.09 Å². The minimum Gasteiger partial charge on any atom is -0.444 e. The van der Waals surface area contributed by atoms with Gasteiger partial charge in [-0.3, -0.25) is 4.79 Å². The number of halogens is 2. The highest BCUT2D eigenvalue weighted by Crippen LogP contribution is 2.28. The van der Waals surface area contributed by atoms with Gasteiger partial charge in [-0.25, -0.2) is 13.6 Å². The molecule has 1 fully saturated rings. The molecule has 1 aliphatic rings. The standard InChI is InChI=1S/C22H24F2N2O3/c1-13-10-25-11-14(2)26(13)22(28)29-12-19-20(23)8-7-18(21(19)24)17-6-4-5-16(9-17)15(3)27/h4-9,13-14,25H,10-12H2,1-3H3. The van der Waals surface area contributed by atoms with E-state index in [2.05, 4.69) is 5.32 Å². The molecule has 154 valence electrons. The number of ketones is 1. The maximum atomic E-state index is 15.1. The first-order valence-corrected chi connectivity index (χ1v) is 9.53. The van der Waals surface area contributed by atoms with E-state index in [1.54, 1.807) is 29.2 Å². The van der Waals surface area contributed by atoms with Gasteiger partial charge in [0.1, 0.15) is 18.2 Å². The van der Waals surface area contributed by atoms with Gasteiger partial charge in [0.05, 0.1) is 5.56 Å². The van der Waals surface area contributed by atoms with Crippen molar-refractivity contribution in [3.05, 3.63) is 59.2 Å². The number of amides is 1. The Morgan fingerprint density at radius 2 is 1.83 bits per heavy atom. The van der Waals surface area contributed by atoms with Gasteiger partial charge in [-0.2, -0.15) is 0 Å². The Morgan fingerprint density at radius 3 is 2.48 bits per heavy atom. The normalized spacial score (nSPS) is 19.1. The van der Waals surface area contributed by atoms with Crippen molar-refractivity contribution in [3.63, 3.8) is 0 Å². The predicted molar refractivity (Wildman–Crippen MR) is 106 cm³/mol. The quantitative estimate of drug-likeness (QED) is 0.781. The van der Waals surface area contributed by atoms with Crippen LogP contribution in [0.2, 0.25) is 0 Å². The summed E-state index contributed by atoms with van der Waals surface area (Å²) in [6.45, 7) is 5.93. The highest BCUT2D eigenvalue weighted by Gasteiger charge is 2.30. The van der Waals surface area contributed by atoms with Crippen LogP contribution in [0.1, 0.15) is 36.7 Å². The summed E-state index contributed by atoms with van der Waals surface area (Å²) in [5.41, 5.74) is 0.706. The molecule has 0 spiro atoms. The van der Waals surface area contributed by atoms with Crippen LogP contribution in [-0.2, 0) is 11.3 Å². The highest BCUT2D eigenvalue weighted by atomic mass is 19.1. The van der Waals surface area contributed by atoms with Crippen molar-refractivity contribution in [2.45, 2.75) is 39.5 Å². The summed E-state index contributed by atoms with van der Waals surface area (Å²) in [6.07, 6.45) is -0.603. The van der Waals surface area contributed by atoms with E-state index in [0.29, 0.717) is 24.2 Å². The Kier molecular flexibility index (Phi) is 6.27. The minimum atomic E-state index is -0.806. The third-order valence-corrected chi connectivity index (χ3v) is 5.15. The number of carbonyl (C=O) groups is 2. The molecule has 0 bridgehead atoms. The van der Waals surface area contributed by atoms with E-state index < -0.39 is 24.3 Å². The molecule has 0 aromatic heterocycles. The molecular formula is C22H24F2N2O3. The van der Waals surface area contributed by atoms with Gasteiger partial charge in [-0.1, -0.05) is 18.2 Å². The van der Waals surface area contributed by atoms with E-state index in [-0.39, 0.29) is 29.0 Å². The fourth-order valence-electron chi connectivity index (χ4n) is 3.56. The van der Waals surface area contributed by atoms with Crippen LogP contribution in [0.25, 0.3) is 11.1 Å². The molecule has 1 aliphatic heterocycles. The first kappa shape index (κ1) is 20.9. The SMILES string of the molecule is CC(=O)c1cccc(-c2ccc(F)c(COC(=O)N3C(C)CNCC3C)c2F)c1. The summed E-state index contributed by atoms with van der Waals surface area (Å²) in [6, 6.07) is 8.76. The number of benzene rings is 2. The lowest BCUT2D eigenvalue weighted by molar-refractivity contribution is 0.0552. The van der Waals surface area contributed by atoms with Gasteiger partial charge in [0.25, 0.3) is 0 Å². The van der Waals surface area contributed by atoms with Gasteiger partial charge in [0.15, 0.2) is 5.78 Å². The number of hydrogen-bond acceptors (Lipinski definition) is 4. The molecule has 0 radical (unpaired) electrons. The van der Waals surface area contributed by atoms with Crippen LogP contribution in [0.5, 0.6) is 0 Å². The third-order valence-electron chi connectivity index (χ3n) is 5.15. The van der Waals surface area contributed by atoms with Crippen molar-refractivity contribution in [1.82, 2.24) is 10.2 Å². The van der Waals surface area contributed by atoms with Gasteiger partial charge in [-0.15, -0.1) is 0 Å². The second-order valence-electron chi connectivity index (χ2n) is 7.34. The number of Topliss-reactive ketones (excluding diaryl/α,β-unsaturated/α-hetero) is 1. The summed E-state index contributed by atoms with van der Waals surface area (Å²) in [5.74, 6) is -1.74. The number of nitrogens with one attached hydrogen (secondary N) is 1. The summed E-state index contributed by atoms with van der Waals surface area (Å²) in [7, 11) is 0. The predicted octanol–water partition coefficient (Wildman–Crippen LogP) is 4.15. The molecule has 5 nitrogen and oxygen atoms in total. The maximum absolute atomic E-state index is 15.1. The van der Waals surface area contributed by atoms with Crippen LogP contribution < -0.4 is 5.32 Å². The van der Waals surface area contributed by atoms with Gasteiger partial charge in [-0.05, 0) is 44.5 Å². The summed E-state index contributed by atoms with van der Waals surface area (Å²) < 4.78 is 34.6. The van der Waals surface area contributed by atoms with Crippen molar-refractivity contribution < 1.29 is 23.1 Å². The van der Waals surface area contributed by atoms with Crippen LogP contribution in [0, 0.1) is 11.6 Å². The second-order valence-corrected chi connectivity index (χ2v) is 7.34. The van der Waals surface area contributed by atoms with Crippen molar-refractivity contribution in [2.24, 2.45) is 0 Å². The van der Waals surface area contributed by atoms with Crippen molar-refractivity contribution >= 4 is 11.9 Å². The zero-order valence-electron chi connectivity index (χ0n) is 16.7. The number of piperazine rings is 1. The van der Waals surface area contributed by atoms with E-state index in [0.717, 1.165) is 6.07 Å². The fourth-order valence-corrected chi connectivity index (χ4v) is 3.56. The van der Waals surface area contributed by atoms with Crippen LogP contribution in [-0.4, -0.2) is 41.9 Å². The average molecular weight is 402 g/mol. The Morgan fingerprint density at radius 1 is 1.14 bits per heavy atom. The zero-order valence-corrected chi connectivity index (χ0v) is 16.7. The molecule has 0 saturated carbocycles. The Balaban J connectivity index is 1.83. The Bertz CT molecular complexity index is 922. The number of hydrogen-bond donors (Lipinski definition) is 1.